The molecule has 1 atom stereocenters. The molecule has 2 nitrogen and oxygen atoms in total. The number of hydrogen-bond acceptors (Lipinski definition) is 1. The molecule has 0 saturated heterocycles. The van der Waals surface area contributed by atoms with Gasteiger partial charge in [0.05, 0.1) is 17.1 Å². The first-order chi connectivity index (χ1) is 10.2. The first kappa shape index (κ1) is 14.2. The van der Waals surface area contributed by atoms with E-state index in [2.05, 4.69) is 73.9 Å². The van der Waals surface area contributed by atoms with E-state index in [-0.39, 0.29) is 12.3 Å². The lowest BCUT2D eigenvalue weighted by atomic mass is 10.2. The summed E-state index contributed by atoms with van der Waals surface area (Å²) in [5, 5.41) is 2.61. The van der Waals surface area contributed by atoms with Gasteiger partial charge in [-0.1, -0.05) is 49.7 Å². The Balaban J connectivity index is 2.26. The van der Waals surface area contributed by atoms with Crippen molar-refractivity contribution in [2.24, 2.45) is 0 Å². The number of hydrogen-bond donors (Lipinski definition) is 0. The standard InChI is InChI=1S/C19H23NO/c1-4-9-19(21-14(2)3)20-17-12-7-5-10-15(17)16-11-6-8-13-18(16)20/h5-8,10-14,19H,4,9H2,1-3H3/t19-/m1/s1. The van der Waals surface area contributed by atoms with Crippen LogP contribution in [0.3, 0.4) is 0 Å². The molecular weight excluding hydrogens is 258 g/mol. The van der Waals surface area contributed by atoms with Crippen LogP contribution in [0.5, 0.6) is 0 Å². The van der Waals surface area contributed by atoms with E-state index in [0.717, 1.165) is 12.8 Å². The van der Waals surface area contributed by atoms with Gasteiger partial charge in [0.25, 0.3) is 0 Å². The van der Waals surface area contributed by atoms with Crippen LogP contribution in [0.4, 0.5) is 0 Å². The summed E-state index contributed by atoms with van der Waals surface area (Å²) >= 11 is 0. The zero-order valence-electron chi connectivity index (χ0n) is 13.0. The average molecular weight is 281 g/mol. The summed E-state index contributed by atoms with van der Waals surface area (Å²) < 4.78 is 8.58. The maximum Gasteiger partial charge on any atom is 0.134 e. The quantitative estimate of drug-likeness (QED) is 0.600. The Morgan fingerprint density at radius 1 is 0.905 bits per heavy atom. The summed E-state index contributed by atoms with van der Waals surface area (Å²) in [5.41, 5.74) is 2.52. The summed E-state index contributed by atoms with van der Waals surface area (Å²) in [4.78, 5) is 0. The molecule has 0 spiro atoms. The molecule has 3 rings (SSSR count). The highest BCUT2D eigenvalue weighted by Gasteiger charge is 2.18. The fourth-order valence-corrected chi connectivity index (χ4v) is 3.08. The minimum absolute atomic E-state index is 0.0970. The highest BCUT2D eigenvalue weighted by atomic mass is 16.5. The molecule has 0 radical (unpaired) electrons. The maximum absolute atomic E-state index is 6.21. The van der Waals surface area contributed by atoms with Crippen molar-refractivity contribution in [3.05, 3.63) is 48.5 Å². The molecule has 0 fully saturated rings. The van der Waals surface area contributed by atoms with Gasteiger partial charge in [-0.05, 0) is 32.4 Å². The monoisotopic (exact) mass is 281 g/mol. The van der Waals surface area contributed by atoms with Crippen molar-refractivity contribution < 1.29 is 4.74 Å². The summed E-state index contributed by atoms with van der Waals surface area (Å²) in [6, 6.07) is 17.2. The third kappa shape index (κ3) is 2.56. The topological polar surface area (TPSA) is 14.2 Å². The largest absolute Gasteiger partial charge is 0.355 e. The van der Waals surface area contributed by atoms with Crippen LogP contribution in [0.25, 0.3) is 21.8 Å². The molecule has 0 aliphatic rings. The molecule has 0 amide bonds. The lowest BCUT2D eigenvalue weighted by molar-refractivity contribution is -0.0373. The van der Waals surface area contributed by atoms with Gasteiger partial charge in [0.2, 0.25) is 0 Å². The molecule has 0 unspecified atom stereocenters. The number of aromatic nitrogens is 1. The molecule has 0 aliphatic carbocycles. The summed E-state index contributed by atoms with van der Waals surface area (Å²) in [6.07, 6.45) is 2.46. The van der Waals surface area contributed by atoms with Gasteiger partial charge < -0.3 is 9.30 Å². The lowest BCUT2D eigenvalue weighted by Gasteiger charge is -2.23. The first-order valence-electron chi connectivity index (χ1n) is 7.85. The van der Waals surface area contributed by atoms with E-state index in [0.29, 0.717) is 0 Å². The number of para-hydroxylation sites is 2. The molecule has 2 heteroatoms. The molecule has 0 bridgehead atoms. The van der Waals surface area contributed by atoms with Gasteiger partial charge in [0.1, 0.15) is 6.23 Å². The van der Waals surface area contributed by atoms with E-state index in [4.69, 9.17) is 4.74 Å². The first-order valence-corrected chi connectivity index (χ1v) is 7.85. The van der Waals surface area contributed by atoms with Gasteiger partial charge in [0, 0.05) is 10.8 Å². The van der Waals surface area contributed by atoms with Crippen LogP contribution in [0.1, 0.15) is 39.8 Å². The third-order valence-electron chi connectivity index (χ3n) is 3.87. The van der Waals surface area contributed by atoms with Crippen molar-refractivity contribution in [2.75, 3.05) is 0 Å². The second-order valence-corrected chi connectivity index (χ2v) is 5.83. The van der Waals surface area contributed by atoms with Crippen molar-refractivity contribution in [3.63, 3.8) is 0 Å². The van der Waals surface area contributed by atoms with Crippen LogP contribution in [-0.4, -0.2) is 10.7 Å². The van der Waals surface area contributed by atoms with E-state index >= 15 is 0 Å². The van der Waals surface area contributed by atoms with Crippen LogP contribution in [0, 0.1) is 0 Å². The Hall–Kier alpha value is -1.80. The molecule has 2 aromatic carbocycles. The predicted octanol–water partition coefficient (Wildman–Crippen LogP) is 5.52. The van der Waals surface area contributed by atoms with E-state index in [1.54, 1.807) is 0 Å². The van der Waals surface area contributed by atoms with Gasteiger partial charge in [-0.25, -0.2) is 0 Å². The molecule has 1 heterocycles. The molecule has 3 aromatic rings. The molecule has 21 heavy (non-hydrogen) atoms. The predicted molar refractivity (Wildman–Crippen MR) is 89.6 cm³/mol. The highest BCUT2D eigenvalue weighted by molar-refractivity contribution is 6.08. The van der Waals surface area contributed by atoms with Crippen LogP contribution < -0.4 is 0 Å². The Labute approximate surface area is 126 Å². The van der Waals surface area contributed by atoms with E-state index < -0.39 is 0 Å². The normalized spacial score (nSPS) is 13.3. The average Bonchev–Trinajstić information content (AvgIpc) is 2.81. The van der Waals surface area contributed by atoms with Gasteiger partial charge >= 0.3 is 0 Å². The summed E-state index contributed by atoms with van der Waals surface area (Å²) in [5.74, 6) is 0. The third-order valence-corrected chi connectivity index (χ3v) is 3.87. The van der Waals surface area contributed by atoms with Crippen LogP contribution >= 0.6 is 0 Å². The minimum Gasteiger partial charge on any atom is -0.355 e. The second-order valence-electron chi connectivity index (χ2n) is 5.83. The molecule has 1 aromatic heterocycles. The number of rotatable bonds is 5. The minimum atomic E-state index is 0.0970. The van der Waals surface area contributed by atoms with E-state index in [1.165, 1.54) is 21.8 Å². The Morgan fingerprint density at radius 3 is 1.90 bits per heavy atom. The van der Waals surface area contributed by atoms with Crippen molar-refractivity contribution in [2.45, 2.75) is 45.9 Å². The Morgan fingerprint density at radius 2 is 1.43 bits per heavy atom. The molecule has 0 aliphatic heterocycles. The van der Waals surface area contributed by atoms with Crippen molar-refractivity contribution >= 4 is 21.8 Å². The zero-order chi connectivity index (χ0) is 14.8. The van der Waals surface area contributed by atoms with Gasteiger partial charge in [0.15, 0.2) is 0 Å². The Kier molecular flexibility index (Phi) is 3.98. The van der Waals surface area contributed by atoms with Crippen LogP contribution in [0.15, 0.2) is 48.5 Å². The molecule has 0 N–H and O–H groups in total. The van der Waals surface area contributed by atoms with Crippen LogP contribution in [0.2, 0.25) is 0 Å². The van der Waals surface area contributed by atoms with Crippen molar-refractivity contribution in [3.8, 4) is 0 Å². The number of nitrogens with zero attached hydrogens (tertiary/aromatic N) is 1. The van der Waals surface area contributed by atoms with Crippen molar-refractivity contribution in [1.82, 2.24) is 4.57 Å². The zero-order valence-corrected chi connectivity index (χ0v) is 13.0. The lowest BCUT2D eigenvalue weighted by Crippen LogP contribution is -2.17. The van der Waals surface area contributed by atoms with Gasteiger partial charge in [-0.3, -0.25) is 0 Å². The highest BCUT2D eigenvalue weighted by Crippen LogP contribution is 2.33. The molecule has 110 valence electrons. The molecule has 0 saturated carbocycles. The SMILES string of the molecule is CCC[C@@H](OC(C)C)n1c2ccccc2c2ccccc21. The molecular formula is C19H23NO. The summed E-state index contributed by atoms with van der Waals surface area (Å²) in [7, 11) is 0. The fraction of sp³-hybridized carbons (Fsp3) is 0.368. The second kappa shape index (κ2) is 5.90. The number of ether oxygens (including phenoxy) is 1. The van der Waals surface area contributed by atoms with Gasteiger partial charge in [-0.15, -0.1) is 0 Å². The fourth-order valence-electron chi connectivity index (χ4n) is 3.08. The van der Waals surface area contributed by atoms with Gasteiger partial charge in [-0.2, -0.15) is 0 Å². The van der Waals surface area contributed by atoms with Crippen molar-refractivity contribution in [1.29, 1.82) is 0 Å². The maximum atomic E-state index is 6.21. The van der Waals surface area contributed by atoms with E-state index in [1.807, 2.05) is 0 Å². The number of fused-ring (bicyclic) bond motifs is 3. The van der Waals surface area contributed by atoms with Crippen LogP contribution in [-0.2, 0) is 4.74 Å². The number of benzene rings is 2. The van der Waals surface area contributed by atoms with E-state index in [9.17, 15) is 0 Å². The smallest absolute Gasteiger partial charge is 0.134 e. The summed E-state index contributed by atoms with van der Waals surface area (Å²) in [6.45, 7) is 6.43. The Bertz CT molecular complexity index is 688.